The van der Waals surface area contributed by atoms with Crippen LogP contribution in [0.25, 0.3) is 0 Å². The van der Waals surface area contributed by atoms with Crippen molar-refractivity contribution in [2.45, 2.75) is 32.1 Å². The predicted octanol–water partition coefficient (Wildman–Crippen LogP) is 2.22. The Balaban J connectivity index is 1.44. The second-order valence-corrected chi connectivity index (χ2v) is 6.54. The van der Waals surface area contributed by atoms with Gasteiger partial charge >= 0.3 is 0 Å². The van der Waals surface area contributed by atoms with Gasteiger partial charge < -0.3 is 10.2 Å². The van der Waals surface area contributed by atoms with Gasteiger partial charge in [-0.25, -0.2) is 0 Å². The lowest BCUT2D eigenvalue weighted by Gasteiger charge is -2.32. The van der Waals surface area contributed by atoms with Crippen molar-refractivity contribution in [1.82, 2.24) is 15.2 Å². The van der Waals surface area contributed by atoms with Crippen molar-refractivity contribution < 1.29 is 4.79 Å². The molecule has 124 valence electrons. The number of carbonyl (C=O) groups excluding carboxylic acids is 1. The summed E-state index contributed by atoms with van der Waals surface area (Å²) in [5.74, 6) is 0.957. The van der Waals surface area contributed by atoms with Crippen LogP contribution in [0.3, 0.4) is 0 Å². The molecule has 24 heavy (non-hydrogen) atoms. The normalized spacial score (nSPS) is 19.8. The van der Waals surface area contributed by atoms with Crippen LogP contribution in [0.15, 0.2) is 30.6 Å². The number of nitrogens with zero attached hydrogens (tertiary/aromatic N) is 4. The molecule has 2 aromatic rings. The standard InChI is InChI=1S/C18H21N5O/c24-18(20-15-6-8-19-9-7-15)14-4-2-10-23(12-14)17-11-13-3-1-5-16(13)21-22-17/h6-9,11,14H,1-5,10,12H2,(H,19,20,24). The Hall–Kier alpha value is -2.50. The number of piperidine rings is 1. The second-order valence-electron chi connectivity index (χ2n) is 6.54. The molecule has 0 aromatic carbocycles. The van der Waals surface area contributed by atoms with Gasteiger partial charge in [0.05, 0.1) is 11.6 Å². The van der Waals surface area contributed by atoms with E-state index in [0.717, 1.165) is 49.4 Å². The molecule has 1 N–H and O–H groups in total. The number of rotatable bonds is 3. The summed E-state index contributed by atoms with van der Waals surface area (Å²) in [4.78, 5) is 18.7. The fourth-order valence-electron chi connectivity index (χ4n) is 3.55. The Morgan fingerprint density at radius 3 is 2.92 bits per heavy atom. The van der Waals surface area contributed by atoms with E-state index in [4.69, 9.17) is 0 Å². The maximum Gasteiger partial charge on any atom is 0.229 e. The molecule has 0 bridgehead atoms. The minimum Gasteiger partial charge on any atom is -0.354 e. The largest absolute Gasteiger partial charge is 0.354 e. The van der Waals surface area contributed by atoms with Crippen molar-refractivity contribution in [3.05, 3.63) is 41.9 Å². The molecule has 1 amide bonds. The van der Waals surface area contributed by atoms with Crippen LogP contribution in [0.4, 0.5) is 11.5 Å². The maximum absolute atomic E-state index is 12.5. The minimum atomic E-state index is -0.0260. The molecule has 6 heteroatoms. The van der Waals surface area contributed by atoms with E-state index in [9.17, 15) is 4.79 Å². The lowest BCUT2D eigenvalue weighted by Crippen LogP contribution is -2.41. The van der Waals surface area contributed by atoms with E-state index in [-0.39, 0.29) is 11.8 Å². The molecular weight excluding hydrogens is 302 g/mol. The first-order valence-electron chi connectivity index (χ1n) is 8.61. The molecule has 2 aliphatic rings. The average molecular weight is 323 g/mol. The zero-order valence-electron chi connectivity index (χ0n) is 13.6. The highest BCUT2D eigenvalue weighted by Gasteiger charge is 2.27. The van der Waals surface area contributed by atoms with Gasteiger partial charge in [-0.15, -0.1) is 5.10 Å². The highest BCUT2D eigenvalue weighted by molar-refractivity contribution is 5.92. The number of hydrogen-bond acceptors (Lipinski definition) is 5. The van der Waals surface area contributed by atoms with Crippen LogP contribution >= 0.6 is 0 Å². The Morgan fingerprint density at radius 2 is 2.04 bits per heavy atom. The molecule has 0 spiro atoms. The summed E-state index contributed by atoms with van der Waals surface area (Å²) in [6.45, 7) is 1.64. The Kier molecular flexibility index (Phi) is 4.11. The number of anilines is 2. The number of carbonyl (C=O) groups is 1. The summed E-state index contributed by atoms with van der Waals surface area (Å²) < 4.78 is 0. The molecule has 6 nitrogen and oxygen atoms in total. The van der Waals surface area contributed by atoms with Crippen LogP contribution in [-0.2, 0) is 17.6 Å². The van der Waals surface area contributed by atoms with Gasteiger partial charge in [0.2, 0.25) is 5.91 Å². The molecule has 2 aromatic heterocycles. The van der Waals surface area contributed by atoms with Crippen molar-refractivity contribution >= 4 is 17.4 Å². The Morgan fingerprint density at radius 1 is 1.17 bits per heavy atom. The Labute approximate surface area is 141 Å². The Bertz CT molecular complexity index is 733. The van der Waals surface area contributed by atoms with E-state index in [1.807, 2.05) is 12.1 Å². The molecule has 1 aliphatic carbocycles. The smallest absolute Gasteiger partial charge is 0.229 e. The second kappa shape index (κ2) is 6.55. The number of aryl methyl sites for hydroxylation is 2. The molecule has 1 aliphatic heterocycles. The van der Waals surface area contributed by atoms with Crippen LogP contribution in [0.5, 0.6) is 0 Å². The van der Waals surface area contributed by atoms with Crippen molar-refractivity contribution in [2.75, 3.05) is 23.3 Å². The molecule has 3 heterocycles. The van der Waals surface area contributed by atoms with E-state index in [0.29, 0.717) is 6.54 Å². The first kappa shape index (κ1) is 15.1. The SMILES string of the molecule is O=C(Nc1ccncc1)C1CCCN(c2cc3c(nn2)CCC3)C1. The number of nitrogens with one attached hydrogen (secondary N) is 1. The number of amides is 1. The monoisotopic (exact) mass is 323 g/mol. The number of fused-ring (bicyclic) bond motifs is 1. The molecule has 0 saturated carbocycles. The van der Waals surface area contributed by atoms with E-state index in [1.54, 1.807) is 12.4 Å². The third-order valence-electron chi connectivity index (χ3n) is 4.87. The number of hydrogen-bond donors (Lipinski definition) is 1. The van der Waals surface area contributed by atoms with Crippen LogP contribution in [0.2, 0.25) is 0 Å². The summed E-state index contributed by atoms with van der Waals surface area (Å²) in [5.41, 5.74) is 3.26. The van der Waals surface area contributed by atoms with E-state index < -0.39 is 0 Å². The molecular formula is C18H21N5O. The van der Waals surface area contributed by atoms with Crippen molar-refractivity contribution in [2.24, 2.45) is 5.92 Å². The lowest BCUT2D eigenvalue weighted by atomic mass is 9.97. The van der Waals surface area contributed by atoms with Gasteiger partial charge in [-0.3, -0.25) is 9.78 Å². The summed E-state index contributed by atoms with van der Waals surface area (Å²) in [7, 11) is 0. The summed E-state index contributed by atoms with van der Waals surface area (Å²) in [6, 6.07) is 5.79. The zero-order valence-corrected chi connectivity index (χ0v) is 13.6. The maximum atomic E-state index is 12.5. The summed E-state index contributed by atoms with van der Waals surface area (Å²) >= 11 is 0. The third kappa shape index (κ3) is 3.09. The van der Waals surface area contributed by atoms with E-state index in [1.165, 1.54) is 12.0 Å². The molecule has 1 unspecified atom stereocenters. The van der Waals surface area contributed by atoms with Gasteiger partial charge in [-0.2, -0.15) is 5.10 Å². The highest BCUT2D eigenvalue weighted by atomic mass is 16.1. The van der Waals surface area contributed by atoms with Gasteiger partial charge in [0, 0.05) is 31.2 Å². The van der Waals surface area contributed by atoms with Gasteiger partial charge in [0.25, 0.3) is 0 Å². The van der Waals surface area contributed by atoms with Crippen LogP contribution in [0, 0.1) is 5.92 Å². The van der Waals surface area contributed by atoms with E-state index >= 15 is 0 Å². The molecule has 0 radical (unpaired) electrons. The van der Waals surface area contributed by atoms with Gasteiger partial charge in [-0.05, 0) is 55.9 Å². The first-order valence-corrected chi connectivity index (χ1v) is 8.61. The fraction of sp³-hybridized carbons (Fsp3) is 0.444. The van der Waals surface area contributed by atoms with Crippen LogP contribution in [0.1, 0.15) is 30.5 Å². The molecule has 1 atom stereocenters. The van der Waals surface area contributed by atoms with E-state index in [2.05, 4.69) is 31.5 Å². The minimum absolute atomic E-state index is 0.0260. The molecule has 1 fully saturated rings. The van der Waals surface area contributed by atoms with Crippen LogP contribution in [-0.4, -0.2) is 34.2 Å². The number of pyridine rings is 1. The topological polar surface area (TPSA) is 71.0 Å². The van der Waals surface area contributed by atoms with Crippen molar-refractivity contribution in [3.63, 3.8) is 0 Å². The zero-order chi connectivity index (χ0) is 16.4. The molecule has 4 rings (SSSR count). The van der Waals surface area contributed by atoms with Gasteiger partial charge in [0.1, 0.15) is 0 Å². The fourth-order valence-corrected chi connectivity index (χ4v) is 3.55. The highest BCUT2D eigenvalue weighted by Crippen LogP contribution is 2.26. The van der Waals surface area contributed by atoms with Gasteiger partial charge in [-0.1, -0.05) is 0 Å². The summed E-state index contributed by atoms with van der Waals surface area (Å²) in [6.07, 6.45) is 8.58. The first-order chi connectivity index (χ1) is 11.8. The van der Waals surface area contributed by atoms with Gasteiger partial charge in [0.15, 0.2) is 5.82 Å². The summed E-state index contributed by atoms with van der Waals surface area (Å²) in [5, 5.41) is 11.7. The number of aromatic nitrogens is 3. The third-order valence-corrected chi connectivity index (χ3v) is 4.87. The van der Waals surface area contributed by atoms with Crippen LogP contribution < -0.4 is 10.2 Å². The lowest BCUT2D eigenvalue weighted by molar-refractivity contribution is -0.120. The predicted molar refractivity (Wildman–Crippen MR) is 91.9 cm³/mol. The van der Waals surface area contributed by atoms with Crippen molar-refractivity contribution in [3.8, 4) is 0 Å². The quantitative estimate of drug-likeness (QED) is 0.938. The molecule has 1 saturated heterocycles. The average Bonchev–Trinajstić information content (AvgIpc) is 3.10. The van der Waals surface area contributed by atoms with Crippen molar-refractivity contribution in [1.29, 1.82) is 0 Å².